The monoisotopic (exact) mass is 392 g/mol. The molecule has 0 saturated carbocycles. The van der Waals surface area contributed by atoms with Crippen molar-refractivity contribution in [3.63, 3.8) is 0 Å². The lowest BCUT2D eigenvalue weighted by Crippen LogP contribution is -1.92. The van der Waals surface area contributed by atoms with Gasteiger partial charge in [0.05, 0.1) is 0 Å². The number of rotatable bonds is 4. The van der Waals surface area contributed by atoms with Crippen molar-refractivity contribution in [3.05, 3.63) is 118 Å². The third-order valence-electron chi connectivity index (χ3n) is 5.86. The van der Waals surface area contributed by atoms with Gasteiger partial charge in [0.15, 0.2) is 0 Å². The molecule has 5 rings (SSSR count). The Morgan fingerprint density at radius 1 is 0.552 bits per heavy atom. The summed E-state index contributed by atoms with van der Waals surface area (Å²) in [7, 11) is 0. The van der Waals surface area contributed by atoms with Gasteiger partial charge in [-0.3, -0.25) is 0 Å². The van der Waals surface area contributed by atoms with Crippen molar-refractivity contribution in [2.45, 2.75) is 26.7 Å². The Hall–Kier alpha value is -2.90. The molecule has 5 aromatic rings. The highest BCUT2D eigenvalue weighted by Gasteiger charge is 2.12. The smallest absolute Gasteiger partial charge is 0.0358 e. The summed E-state index contributed by atoms with van der Waals surface area (Å²) in [6.07, 6.45) is 1.98. The van der Waals surface area contributed by atoms with Crippen molar-refractivity contribution in [2.24, 2.45) is 0 Å². The second kappa shape index (κ2) is 7.50. The second-order valence-electron chi connectivity index (χ2n) is 7.98. The largest absolute Gasteiger partial charge is 0.135 e. The minimum absolute atomic E-state index is 0.989. The Bertz CT molecular complexity index is 1190. The van der Waals surface area contributed by atoms with E-state index >= 15 is 0 Å². The molecule has 0 spiro atoms. The first-order valence-corrected chi connectivity index (χ1v) is 11.0. The molecule has 0 saturated heterocycles. The molecule has 0 amide bonds. The fourth-order valence-electron chi connectivity index (χ4n) is 4.17. The minimum Gasteiger partial charge on any atom is -0.135 e. The Labute approximate surface area is 176 Å². The van der Waals surface area contributed by atoms with E-state index in [0.29, 0.717) is 0 Å². The summed E-state index contributed by atoms with van der Waals surface area (Å²) >= 11 is 1.92. The normalized spacial score (nSPS) is 11.4. The number of hydrogen-bond acceptors (Lipinski definition) is 1. The molecule has 0 radical (unpaired) electrons. The van der Waals surface area contributed by atoms with E-state index in [1.807, 2.05) is 11.3 Å². The van der Waals surface area contributed by atoms with Gasteiger partial charge in [0, 0.05) is 20.2 Å². The van der Waals surface area contributed by atoms with Gasteiger partial charge in [0.25, 0.3) is 0 Å². The Kier molecular flexibility index (Phi) is 4.69. The van der Waals surface area contributed by atoms with Gasteiger partial charge in [-0.1, -0.05) is 60.7 Å². The highest BCUT2D eigenvalue weighted by Crippen LogP contribution is 2.37. The van der Waals surface area contributed by atoms with Crippen molar-refractivity contribution in [1.29, 1.82) is 0 Å². The molecule has 29 heavy (non-hydrogen) atoms. The molecule has 0 bridgehead atoms. The molecule has 1 aromatic heterocycles. The van der Waals surface area contributed by atoms with Crippen molar-refractivity contribution in [2.75, 3.05) is 0 Å². The molecule has 1 heterocycles. The maximum absolute atomic E-state index is 2.43. The zero-order valence-electron chi connectivity index (χ0n) is 16.9. The van der Waals surface area contributed by atoms with E-state index in [9.17, 15) is 0 Å². The van der Waals surface area contributed by atoms with E-state index in [0.717, 1.165) is 12.8 Å². The molecule has 0 fully saturated rings. The van der Waals surface area contributed by atoms with Gasteiger partial charge in [-0.2, -0.15) is 0 Å². The number of aryl methyl sites for hydroxylation is 2. The predicted molar refractivity (Wildman–Crippen MR) is 127 cm³/mol. The molecular weight excluding hydrogens is 368 g/mol. The van der Waals surface area contributed by atoms with Crippen LogP contribution in [-0.4, -0.2) is 0 Å². The van der Waals surface area contributed by atoms with E-state index < -0.39 is 0 Å². The fourth-order valence-corrected chi connectivity index (χ4v) is 5.44. The average molecular weight is 393 g/mol. The standard InChI is InChI=1S/C28H24S/c1-19-13-27-25(17-23(19)15-21-9-5-3-6-10-21)26-18-24(20(2)14-28(26)29-27)16-22-11-7-4-8-12-22/h3-14,17-18H,15-16H2,1-2H3. The van der Waals surface area contributed by atoms with Gasteiger partial charge >= 0.3 is 0 Å². The lowest BCUT2D eigenvalue weighted by molar-refractivity contribution is 1.16. The summed E-state index contributed by atoms with van der Waals surface area (Å²) in [5.74, 6) is 0. The van der Waals surface area contributed by atoms with E-state index in [2.05, 4.69) is 98.8 Å². The minimum atomic E-state index is 0.989. The van der Waals surface area contributed by atoms with Crippen LogP contribution in [0.15, 0.2) is 84.9 Å². The van der Waals surface area contributed by atoms with Crippen molar-refractivity contribution in [1.82, 2.24) is 0 Å². The molecule has 142 valence electrons. The summed E-state index contributed by atoms with van der Waals surface area (Å²) < 4.78 is 2.79. The topological polar surface area (TPSA) is 0 Å². The Balaban J connectivity index is 1.61. The van der Waals surface area contributed by atoms with Crippen molar-refractivity contribution < 1.29 is 0 Å². The Morgan fingerprint density at radius 3 is 1.38 bits per heavy atom. The van der Waals surface area contributed by atoms with Crippen LogP contribution in [0.25, 0.3) is 20.2 Å². The van der Waals surface area contributed by atoms with E-state index in [-0.39, 0.29) is 0 Å². The molecule has 0 aliphatic rings. The van der Waals surface area contributed by atoms with Crippen LogP contribution in [0, 0.1) is 13.8 Å². The van der Waals surface area contributed by atoms with Crippen LogP contribution in [0.2, 0.25) is 0 Å². The summed E-state index contributed by atoms with van der Waals surface area (Å²) in [6.45, 7) is 4.49. The van der Waals surface area contributed by atoms with Crippen LogP contribution in [0.4, 0.5) is 0 Å². The quantitative estimate of drug-likeness (QED) is 0.292. The fraction of sp³-hybridized carbons (Fsp3) is 0.143. The molecular formula is C28H24S. The molecule has 0 atom stereocenters. The van der Waals surface area contributed by atoms with E-state index in [1.165, 1.54) is 53.6 Å². The van der Waals surface area contributed by atoms with Gasteiger partial charge in [0.1, 0.15) is 0 Å². The molecule has 0 unspecified atom stereocenters. The van der Waals surface area contributed by atoms with Crippen LogP contribution in [0.1, 0.15) is 33.4 Å². The SMILES string of the molecule is Cc1cc2sc3cc(C)c(Cc4ccccc4)cc3c2cc1Cc1ccccc1. The number of benzene rings is 4. The average Bonchev–Trinajstić information content (AvgIpc) is 3.06. The number of hydrogen-bond donors (Lipinski definition) is 0. The van der Waals surface area contributed by atoms with Crippen molar-refractivity contribution >= 4 is 31.5 Å². The van der Waals surface area contributed by atoms with Crippen LogP contribution in [0.3, 0.4) is 0 Å². The van der Waals surface area contributed by atoms with Gasteiger partial charge in [-0.15, -0.1) is 11.3 Å². The number of fused-ring (bicyclic) bond motifs is 3. The van der Waals surface area contributed by atoms with Crippen LogP contribution >= 0.6 is 11.3 Å². The third-order valence-corrected chi connectivity index (χ3v) is 6.98. The molecule has 0 aliphatic heterocycles. The summed E-state index contributed by atoms with van der Waals surface area (Å²) in [6, 6.07) is 31.2. The Morgan fingerprint density at radius 2 is 0.966 bits per heavy atom. The molecule has 0 aliphatic carbocycles. The molecule has 4 aromatic carbocycles. The highest BCUT2D eigenvalue weighted by molar-refractivity contribution is 7.25. The first kappa shape index (κ1) is 18.1. The number of thiophene rings is 1. The zero-order valence-corrected chi connectivity index (χ0v) is 17.7. The van der Waals surface area contributed by atoms with E-state index in [1.54, 1.807) is 0 Å². The van der Waals surface area contributed by atoms with Crippen molar-refractivity contribution in [3.8, 4) is 0 Å². The zero-order chi connectivity index (χ0) is 19.8. The third kappa shape index (κ3) is 3.59. The highest BCUT2D eigenvalue weighted by atomic mass is 32.1. The van der Waals surface area contributed by atoms with Gasteiger partial charge < -0.3 is 0 Å². The second-order valence-corrected chi connectivity index (χ2v) is 9.06. The lowest BCUT2D eigenvalue weighted by Gasteiger charge is -2.08. The predicted octanol–water partition coefficient (Wildman–Crippen LogP) is 7.85. The summed E-state index contributed by atoms with van der Waals surface area (Å²) in [5, 5.41) is 2.80. The first-order valence-electron chi connectivity index (χ1n) is 10.2. The van der Waals surface area contributed by atoms with Gasteiger partial charge in [0.2, 0.25) is 0 Å². The van der Waals surface area contributed by atoms with Gasteiger partial charge in [-0.05, 0) is 84.3 Å². The first-order chi connectivity index (χ1) is 14.2. The molecule has 0 nitrogen and oxygen atoms in total. The summed E-state index contributed by atoms with van der Waals surface area (Å²) in [4.78, 5) is 0. The molecule has 0 N–H and O–H groups in total. The van der Waals surface area contributed by atoms with Crippen LogP contribution < -0.4 is 0 Å². The maximum atomic E-state index is 2.43. The maximum Gasteiger partial charge on any atom is 0.0358 e. The van der Waals surface area contributed by atoms with Crippen LogP contribution in [-0.2, 0) is 12.8 Å². The lowest BCUT2D eigenvalue weighted by atomic mass is 9.96. The van der Waals surface area contributed by atoms with Crippen LogP contribution in [0.5, 0.6) is 0 Å². The molecule has 1 heteroatoms. The van der Waals surface area contributed by atoms with Gasteiger partial charge in [-0.25, -0.2) is 0 Å². The summed E-state index contributed by atoms with van der Waals surface area (Å²) in [5.41, 5.74) is 8.36. The van der Waals surface area contributed by atoms with E-state index in [4.69, 9.17) is 0 Å².